The third kappa shape index (κ3) is 2.10. The minimum absolute atomic E-state index is 0.201. The number of benzene rings is 1. The summed E-state index contributed by atoms with van der Waals surface area (Å²) >= 11 is 0. The molecule has 0 spiro atoms. The molecule has 1 amide bonds. The minimum atomic E-state index is -1.27. The number of ether oxygens (including phenoxy) is 1. The number of carbonyl (C=O) groups is 1. The molecule has 0 fully saturated rings. The summed E-state index contributed by atoms with van der Waals surface area (Å²) in [6.45, 7) is 2.36. The summed E-state index contributed by atoms with van der Waals surface area (Å²) in [5.74, 6) is -0.722. The van der Waals surface area contributed by atoms with Gasteiger partial charge in [-0.3, -0.25) is 4.79 Å². The maximum absolute atomic E-state index is 13.1. The molecule has 0 aromatic heterocycles. The van der Waals surface area contributed by atoms with Crippen LogP contribution in [0.2, 0.25) is 0 Å². The summed E-state index contributed by atoms with van der Waals surface area (Å²) < 4.78 is 18.3. The number of anilines is 1. The number of hydrogen-bond donors (Lipinski definition) is 0. The second-order valence-corrected chi connectivity index (χ2v) is 3.79. The molecule has 0 N–H and O–H groups in total. The van der Waals surface area contributed by atoms with Gasteiger partial charge in [0.2, 0.25) is 6.08 Å². The molecule has 0 saturated heterocycles. The Morgan fingerprint density at radius 1 is 1.56 bits per heavy atom. The number of hydrogen-bond acceptors (Lipinski definition) is 4. The number of amides is 1. The van der Waals surface area contributed by atoms with Gasteiger partial charge < -0.3 is 9.64 Å². The Balaban J connectivity index is 2.46. The molecule has 1 heterocycles. The van der Waals surface area contributed by atoms with Gasteiger partial charge in [0.25, 0.3) is 12.1 Å². The third-order valence-electron chi connectivity index (χ3n) is 2.55. The summed E-state index contributed by atoms with van der Waals surface area (Å²) in [6.07, 6.45) is 0.732. The quantitative estimate of drug-likeness (QED) is 0.605. The van der Waals surface area contributed by atoms with Gasteiger partial charge in [0.05, 0.1) is 5.69 Å². The maximum atomic E-state index is 13.1. The first kappa shape index (κ1) is 12.3. The fourth-order valence-corrected chi connectivity index (χ4v) is 1.81. The smallest absolute Gasteiger partial charge is 0.292 e. The molecule has 0 radical (unpaired) electrons. The number of carbonyl (C=O) groups excluding carboxylic acids is 2. The van der Waals surface area contributed by atoms with E-state index in [1.165, 1.54) is 23.1 Å². The van der Waals surface area contributed by atoms with Gasteiger partial charge in [0.1, 0.15) is 11.6 Å². The molecule has 0 bridgehead atoms. The highest BCUT2D eigenvalue weighted by atomic mass is 19.1. The Kier molecular flexibility index (Phi) is 3.39. The average Bonchev–Trinajstić information content (AvgIpc) is 2.34. The van der Waals surface area contributed by atoms with Crippen molar-refractivity contribution in [3.8, 4) is 5.75 Å². The van der Waals surface area contributed by atoms with Crippen LogP contribution in [0.5, 0.6) is 5.75 Å². The van der Waals surface area contributed by atoms with Crippen LogP contribution in [0.3, 0.4) is 0 Å². The average molecular weight is 250 g/mol. The molecular formula is C12H11FN2O3. The summed E-state index contributed by atoms with van der Waals surface area (Å²) in [5, 5.41) is 0. The summed E-state index contributed by atoms with van der Waals surface area (Å²) in [7, 11) is 0. The zero-order valence-corrected chi connectivity index (χ0v) is 9.72. The van der Waals surface area contributed by atoms with E-state index in [1.54, 1.807) is 0 Å². The SMILES string of the molecule is CCCN1C(=O)C(N=C=O)Oc2cc(F)ccc21. The van der Waals surface area contributed by atoms with Crippen LogP contribution >= 0.6 is 0 Å². The monoisotopic (exact) mass is 250 g/mol. The van der Waals surface area contributed by atoms with Crippen molar-refractivity contribution in [3.63, 3.8) is 0 Å². The van der Waals surface area contributed by atoms with Gasteiger partial charge in [-0.05, 0) is 18.6 Å². The molecule has 2 rings (SSSR count). The molecule has 1 atom stereocenters. The van der Waals surface area contributed by atoms with E-state index in [0.29, 0.717) is 12.2 Å². The van der Waals surface area contributed by atoms with Crippen molar-refractivity contribution in [1.82, 2.24) is 0 Å². The van der Waals surface area contributed by atoms with E-state index in [4.69, 9.17) is 4.74 Å². The van der Waals surface area contributed by atoms with E-state index in [9.17, 15) is 14.0 Å². The second kappa shape index (κ2) is 4.98. The number of fused-ring (bicyclic) bond motifs is 1. The molecule has 18 heavy (non-hydrogen) atoms. The molecule has 1 aromatic carbocycles. The maximum Gasteiger partial charge on any atom is 0.292 e. The Morgan fingerprint density at radius 3 is 3.00 bits per heavy atom. The van der Waals surface area contributed by atoms with E-state index < -0.39 is 18.0 Å². The summed E-state index contributed by atoms with van der Waals surface area (Å²) in [5.41, 5.74) is 0.487. The molecular weight excluding hydrogens is 239 g/mol. The van der Waals surface area contributed by atoms with Gasteiger partial charge in [0, 0.05) is 12.6 Å². The van der Waals surface area contributed by atoms with E-state index in [2.05, 4.69) is 4.99 Å². The van der Waals surface area contributed by atoms with Crippen LogP contribution in [0.15, 0.2) is 23.2 Å². The van der Waals surface area contributed by atoms with Crippen molar-refractivity contribution in [2.24, 2.45) is 4.99 Å². The molecule has 0 saturated carbocycles. The van der Waals surface area contributed by atoms with Gasteiger partial charge in [-0.2, -0.15) is 4.99 Å². The standard InChI is InChI=1S/C12H11FN2O3/c1-2-5-15-9-4-3-8(13)6-10(9)18-11(12(15)17)14-7-16/h3-4,6,11H,2,5H2,1H3. The zero-order chi connectivity index (χ0) is 13.1. The lowest BCUT2D eigenvalue weighted by Gasteiger charge is -2.31. The van der Waals surface area contributed by atoms with E-state index >= 15 is 0 Å². The van der Waals surface area contributed by atoms with Crippen molar-refractivity contribution in [3.05, 3.63) is 24.0 Å². The van der Waals surface area contributed by atoms with Crippen LogP contribution < -0.4 is 9.64 Å². The predicted molar refractivity (Wildman–Crippen MR) is 61.6 cm³/mol. The van der Waals surface area contributed by atoms with Crippen molar-refractivity contribution < 1.29 is 18.7 Å². The number of nitrogens with zero attached hydrogens (tertiary/aromatic N) is 2. The molecule has 1 unspecified atom stereocenters. The van der Waals surface area contributed by atoms with Gasteiger partial charge in [-0.25, -0.2) is 9.18 Å². The number of halogens is 1. The number of aliphatic imine (C=N–C) groups is 1. The highest BCUT2D eigenvalue weighted by Gasteiger charge is 2.34. The van der Waals surface area contributed by atoms with Crippen molar-refractivity contribution in [1.29, 1.82) is 0 Å². The highest BCUT2D eigenvalue weighted by Crippen LogP contribution is 2.34. The van der Waals surface area contributed by atoms with E-state index in [0.717, 1.165) is 12.5 Å². The molecule has 0 aliphatic carbocycles. The van der Waals surface area contributed by atoms with Crippen LogP contribution in [0.25, 0.3) is 0 Å². The van der Waals surface area contributed by atoms with E-state index in [1.807, 2.05) is 6.92 Å². The van der Waals surface area contributed by atoms with Gasteiger partial charge in [0.15, 0.2) is 0 Å². The van der Waals surface area contributed by atoms with Gasteiger partial charge in [-0.1, -0.05) is 6.92 Å². The first-order chi connectivity index (χ1) is 8.67. The second-order valence-electron chi connectivity index (χ2n) is 3.79. The Morgan fingerprint density at radius 2 is 2.33 bits per heavy atom. The van der Waals surface area contributed by atoms with Crippen molar-refractivity contribution >= 4 is 17.7 Å². The first-order valence-electron chi connectivity index (χ1n) is 5.52. The molecule has 5 nitrogen and oxygen atoms in total. The van der Waals surface area contributed by atoms with Crippen LogP contribution in [-0.2, 0) is 9.59 Å². The van der Waals surface area contributed by atoms with Gasteiger partial charge in [-0.15, -0.1) is 0 Å². The predicted octanol–water partition coefficient (Wildman–Crippen LogP) is 1.62. The largest absolute Gasteiger partial charge is 0.456 e. The topological polar surface area (TPSA) is 59.0 Å². The van der Waals surface area contributed by atoms with Crippen LogP contribution in [0.1, 0.15) is 13.3 Å². The van der Waals surface area contributed by atoms with Crippen LogP contribution in [-0.4, -0.2) is 24.8 Å². The Bertz CT molecular complexity index is 526. The van der Waals surface area contributed by atoms with Crippen LogP contribution in [0, 0.1) is 5.82 Å². The lowest BCUT2D eigenvalue weighted by atomic mass is 10.2. The molecule has 1 aliphatic rings. The Labute approximate surface area is 103 Å². The summed E-state index contributed by atoms with van der Waals surface area (Å²) in [6, 6.07) is 3.89. The lowest BCUT2D eigenvalue weighted by molar-refractivity contribution is -0.126. The highest BCUT2D eigenvalue weighted by molar-refractivity contribution is 6.00. The molecule has 1 aromatic rings. The normalized spacial score (nSPS) is 17.8. The third-order valence-corrected chi connectivity index (χ3v) is 2.55. The fourth-order valence-electron chi connectivity index (χ4n) is 1.81. The van der Waals surface area contributed by atoms with Crippen LogP contribution in [0.4, 0.5) is 10.1 Å². The molecule has 94 valence electrons. The van der Waals surface area contributed by atoms with Gasteiger partial charge >= 0.3 is 0 Å². The summed E-state index contributed by atoms with van der Waals surface area (Å²) in [4.78, 5) is 27.0. The Hall–Kier alpha value is -2.20. The minimum Gasteiger partial charge on any atom is -0.456 e. The van der Waals surface area contributed by atoms with Crippen molar-refractivity contribution in [2.75, 3.05) is 11.4 Å². The molecule has 6 heteroatoms. The zero-order valence-electron chi connectivity index (χ0n) is 9.72. The lowest BCUT2D eigenvalue weighted by Crippen LogP contribution is -2.45. The number of isocyanates is 1. The molecule has 1 aliphatic heterocycles. The first-order valence-corrected chi connectivity index (χ1v) is 5.52. The van der Waals surface area contributed by atoms with Crippen molar-refractivity contribution in [2.45, 2.75) is 19.6 Å². The number of rotatable bonds is 3. The fraction of sp³-hybridized carbons (Fsp3) is 0.333. The van der Waals surface area contributed by atoms with E-state index in [-0.39, 0.29) is 5.75 Å².